The Bertz CT molecular complexity index is 552. The average Bonchev–Trinajstić information content (AvgIpc) is 2.62. The Morgan fingerprint density at radius 2 is 1.69 bits per heavy atom. The summed E-state index contributed by atoms with van der Waals surface area (Å²) in [5.41, 5.74) is 3.41. The molecular weight excluding hydrogens is 410 g/mol. The van der Waals surface area contributed by atoms with E-state index >= 15 is 0 Å². The number of halogens is 1. The van der Waals surface area contributed by atoms with Crippen LogP contribution in [0.1, 0.15) is 76.7 Å². The van der Waals surface area contributed by atoms with Gasteiger partial charge in [0.25, 0.3) is 0 Å². The van der Waals surface area contributed by atoms with Crippen LogP contribution < -0.4 is 10.7 Å². The Morgan fingerprint density at radius 3 is 2.35 bits per heavy atom. The highest BCUT2D eigenvalue weighted by Gasteiger charge is 1.99. The van der Waals surface area contributed by atoms with Gasteiger partial charge < -0.3 is 10.4 Å². The fraction of sp³-hybridized carbons (Fsp3) is 0.600. The molecule has 0 aliphatic rings. The average molecular weight is 442 g/mol. The van der Waals surface area contributed by atoms with Crippen LogP contribution >= 0.6 is 28.1 Å². The predicted molar refractivity (Wildman–Crippen MR) is 119 cm³/mol. The highest BCUT2D eigenvalue weighted by Crippen LogP contribution is 2.19. The van der Waals surface area contributed by atoms with Gasteiger partial charge in [-0.3, -0.25) is 5.43 Å². The lowest BCUT2D eigenvalue weighted by atomic mass is 10.1. The molecule has 0 aliphatic heterocycles. The van der Waals surface area contributed by atoms with Gasteiger partial charge >= 0.3 is 0 Å². The summed E-state index contributed by atoms with van der Waals surface area (Å²) >= 11 is 8.55. The molecular formula is C20H32BrN3OS. The minimum Gasteiger partial charge on any atom is -0.507 e. The molecule has 0 aliphatic carbocycles. The second-order valence-electron chi connectivity index (χ2n) is 6.51. The van der Waals surface area contributed by atoms with Gasteiger partial charge in [-0.15, -0.1) is 0 Å². The highest BCUT2D eigenvalue weighted by atomic mass is 79.9. The van der Waals surface area contributed by atoms with Crippen LogP contribution in [0.5, 0.6) is 5.75 Å². The van der Waals surface area contributed by atoms with Gasteiger partial charge in [0.15, 0.2) is 5.11 Å². The molecule has 0 bridgehead atoms. The van der Waals surface area contributed by atoms with Crippen molar-refractivity contribution >= 4 is 39.5 Å². The molecule has 4 nitrogen and oxygen atoms in total. The lowest BCUT2D eigenvalue weighted by Gasteiger charge is -2.07. The van der Waals surface area contributed by atoms with Crippen molar-refractivity contribution < 1.29 is 5.11 Å². The monoisotopic (exact) mass is 441 g/mol. The largest absolute Gasteiger partial charge is 0.507 e. The second-order valence-corrected chi connectivity index (χ2v) is 7.83. The molecule has 0 saturated carbocycles. The molecule has 0 unspecified atom stereocenters. The smallest absolute Gasteiger partial charge is 0.186 e. The zero-order chi connectivity index (χ0) is 19.0. The molecule has 3 N–H and O–H groups in total. The van der Waals surface area contributed by atoms with Crippen LogP contribution in [0.15, 0.2) is 27.8 Å². The molecule has 0 amide bonds. The van der Waals surface area contributed by atoms with E-state index in [-0.39, 0.29) is 5.75 Å². The number of nitrogens with one attached hydrogen (secondary N) is 2. The standard InChI is InChI=1S/C20H32BrN3OS/c1-2-3-4-5-6-7-8-9-10-11-14-22-20(26)24-23-16-17-15-18(21)12-13-19(17)25/h12-13,15-16,25H,2-11,14H2,1H3,(H2,22,24,26)/b23-16+. The van der Waals surface area contributed by atoms with Crippen LogP contribution in [0.25, 0.3) is 0 Å². The van der Waals surface area contributed by atoms with Gasteiger partial charge in [-0.05, 0) is 36.8 Å². The summed E-state index contributed by atoms with van der Waals surface area (Å²) in [5.74, 6) is 0.183. The third-order valence-electron chi connectivity index (χ3n) is 4.18. The van der Waals surface area contributed by atoms with E-state index in [1.54, 1.807) is 24.4 Å². The Labute approximate surface area is 172 Å². The van der Waals surface area contributed by atoms with Crippen molar-refractivity contribution in [3.05, 3.63) is 28.2 Å². The molecule has 1 aromatic carbocycles. The van der Waals surface area contributed by atoms with Gasteiger partial charge in [-0.2, -0.15) is 5.10 Å². The quantitative estimate of drug-likeness (QED) is 0.155. The molecule has 1 rings (SSSR count). The van der Waals surface area contributed by atoms with Crippen molar-refractivity contribution in [3.63, 3.8) is 0 Å². The van der Waals surface area contributed by atoms with E-state index in [0.717, 1.165) is 17.4 Å². The maximum atomic E-state index is 9.73. The van der Waals surface area contributed by atoms with E-state index in [4.69, 9.17) is 12.2 Å². The maximum Gasteiger partial charge on any atom is 0.186 e. The number of phenols is 1. The Hall–Kier alpha value is -1.14. The zero-order valence-electron chi connectivity index (χ0n) is 15.8. The molecule has 0 heterocycles. The minimum atomic E-state index is 0.183. The Morgan fingerprint density at radius 1 is 1.08 bits per heavy atom. The van der Waals surface area contributed by atoms with Gasteiger partial charge in [0, 0.05) is 16.6 Å². The van der Waals surface area contributed by atoms with E-state index in [2.05, 4.69) is 38.7 Å². The third-order valence-corrected chi connectivity index (χ3v) is 4.90. The van der Waals surface area contributed by atoms with Crippen molar-refractivity contribution in [3.8, 4) is 5.75 Å². The minimum absolute atomic E-state index is 0.183. The van der Waals surface area contributed by atoms with Crippen LogP contribution in [0.3, 0.4) is 0 Å². The normalized spacial score (nSPS) is 11.0. The highest BCUT2D eigenvalue weighted by molar-refractivity contribution is 9.10. The van der Waals surface area contributed by atoms with E-state index in [1.807, 2.05) is 0 Å². The molecule has 0 aromatic heterocycles. The topological polar surface area (TPSA) is 56.7 Å². The third kappa shape index (κ3) is 11.5. The lowest BCUT2D eigenvalue weighted by Crippen LogP contribution is -2.32. The number of hydrogen-bond acceptors (Lipinski definition) is 3. The predicted octanol–water partition coefficient (Wildman–Crippen LogP) is 5.87. The van der Waals surface area contributed by atoms with Crippen molar-refractivity contribution in [2.24, 2.45) is 5.10 Å². The summed E-state index contributed by atoms with van der Waals surface area (Å²) in [4.78, 5) is 0. The van der Waals surface area contributed by atoms with Crippen LogP contribution in [0.2, 0.25) is 0 Å². The number of aromatic hydroxyl groups is 1. The first-order valence-corrected chi connectivity index (χ1v) is 10.9. The molecule has 1 aromatic rings. The van der Waals surface area contributed by atoms with E-state index in [9.17, 15) is 5.11 Å². The molecule has 0 spiro atoms. The van der Waals surface area contributed by atoms with Crippen LogP contribution in [-0.4, -0.2) is 23.0 Å². The first-order chi connectivity index (χ1) is 12.6. The van der Waals surface area contributed by atoms with Gasteiger partial charge in [0.1, 0.15) is 5.75 Å². The number of rotatable bonds is 13. The molecule has 0 atom stereocenters. The summed E-state index contributed by atoms with van der Waals surface area (Å²) in [6, 6.07) is 5.19. The van der Waals surface area contributed by atoms with Crippen molar-refractivity contribution in [1.29, 1.82) is 0 Å². The zero-order valence-corrected chi connectivity index (χ0v) is 18.2. The first kappa shape index (κ1) is 22.9. The maximum absolute atomic E-state index is 9.73. The van der Waals surface area contributed by atoms with Crippen molar-refractivity contribution in [2.45, 2.75) is 71.1 Å². The summed E-state index contributed by atoms with van der Waals surface area (Å²) in [5, 5.41) is 17.4. The fourth-order valence-corrected chi connectivity index (χ4v) is 3.18. The van der Waals surface area contributed by atoms with E-state index < -0.39 is 0 Å². The summed E-state index contributed by atoms with van der Waals surface area (Å²) in [6.07, 6.45) is 14.8. The summed E-state index contributed by atoms with van der Waals surface area (Å²) in [6.45, 7) is 3.12. The molecule has 26 heavy (non-hydrogen) atoms. The van der Waals surface area contributed by atoms with Gasteiger partial charge in [0.2, 0.25) is 0 Å². The second kappa shape index (κ2) is 15.0. The van der Waals surface area contributed by atoms with Crippen LogP contribution in [0, 0.1) is 0 Å². The molecule has 6 heteroatoms. The van der Waals surface area contributed by atoms with Crippen LogP contribution in [-0.2, 0) is 0 Å². The molecule has 0 saturated heterocycles. The number of unbranched alkanes of at least 4 members (excludes halogenated alkanes) is 9. The van der Waals surface area contributed by atoms with Gasteiger partial charge in [-0.25, -0.2) is 0 Å². The Kier molecular flexibility index (Phi) is 13.2. The summed E-state index contributed by atoms with van der Waals surface area (Å²) in [7, 11) is 0. The number of phenolic OH excluding ortho intramolecular Hbond substituents is 1. The molecule has 0 fully saturated rings. The Balaban J connectivity index is 2.00. The number of thiocarbonyl (C=S) groups is 1. The van der Waals surface area contributed by atoms with Crippen molar-refractivity contribution in [2.75, 3.05) is 6.54 Å². The molecule has 146 valence electrons. The van der Waals surface area contributed by atoms with Gasteiger partial charge in [0.05, 0.1) is 6.21 Å². The molecule has 0 radical (unpaired) electrons. The number of nitrogens with zero attached hydrogens (tertiary/aromatic N) is 1. The SMILES string of the molecule is CCCCCCCCCCCCNC(=S)N/N=C/c1cc(Br)ccc1O. The van der Waals surface area contributed by atoms with E-state index in [0.29, 0.717) is 10.7 Å². The van der Waals surface area contributed by atoms with E-state index in [1.165, 1.54) is 57.8 Å². The number of hydrazone groups is 1. The number of hydrogen-bond donors (Lipinski definition) is 3. The van der Waals surface area contributed by atoms with Gasteiger partial charge in [-0.1, -0.05) is 80.6 Å². The summed E-state index contributed by atoms with van der Waals surface area (Å²) < 4.78 is 0.887. The lowest BCUT2D eigenvalue weighted by molar-refractivity contribution is 0.474. The fourth-order valence-electron chi connectivity index (χ4n) is 2.64. The first-order valence-electron chi connectivity index (χ1n) is 9.69. The van der Waals surface area contributed by atoms with Crippen molar-refractivity contribution in [1.82, 2.24) is 10.7 Å². The van der Waals surface area contributed by atoms with Crippen LogP contribution in [0.4, 0.5) is 0 Å². The number of benzene rings is 1.